The summed E-state index contributed by atoms with van der Waals surface area (Å²) in [4.78, 5) is 0. The Morgan fingerprint density at radius 1 is 0.933 bits per heavy atom. The van der Waals surface area contributed by atoms with E-state index in [1.165, 1.54) is 50.5 Å². The van der Waals surface area contributed by atoms with Gasteiger partial charge in [-0.1, -0.05) is 52.4 Å². The van der Waals surface area contributed by atoms with E-state index in [9.17, 15) is 0 Å². The zero-order valence-corrected chi connectivity index (χ0v) is 10.8. The van der Waals surface area contributed by atoms with Crippen LogP contribution in [0.5, 0.6) is 0 Å². The molecule has 0 bridgehead atoms. The lowest BCUT2D eigenvalue weighted by Gasteiger charge is -2.02. The van der Waals surface area contributed by atoms with Gasteiger partial charge in [-0.15, -0.1) is 0 Å². The molecule has 0 aromatic carbocycles. The van der Waals surface area contributed by atoms with Crippen LogP contribution in [0.2, 0.25) is 0 Å². The zero-order valence-electron chi connectivity index (χ0n) is 10.8. The van der Waals surface area contributed by atoms with Crippen LogP contribution in [0.25, 0.3) is 0 Å². The molecule has 0 aliphatic rings. The summed E-state index contributed by atoms with van der Waals surface area (Å²) in [6.07, 6.45) is 12.5. The highest BCUT2D eigenvalue weighted by atomic mass is 16.5. The minimum Gasteiger partial charge on any atom is -0.501 e. The molecule has 0 radical (unpaired) electrons. The summed E-state index contributed by atoms with van der Waals surface area (Å²) >= 11 is 0. The number of allylic oxidation sites excluding steroid dienone is 1. The molecular formula is C14H28O. The fraction of sp³-hybridized carbons (Fsp3) is 0.857. The van der Waals surface area contributed by atoms with E-state index in [2.05, 4.69) is 20.8 Å². The van der Waals surface area contributed by atoms with Crippen molar-refractivity contribution in [3.05, 3.63) is 11.8 Å². The molecule has 0 saturated heterocycles. The molecule has 0 fully saturated rings. The van der Waals surface area contributed by atoms with Crippen LogP contribution in [0.4, 0.5) is 0 Å². The maximum Gasteiger partial charge on any atom is 0.0873 e. The van der Waals surface area contributed by atoms with Gasteiger partial charge >= 0.3 is 0 Å². The average Bonchev–Trinajstić information content (AvgIpc) is 2.26. The van der Waals surface area contributed by atoms with Crippen molar-refractivity contribution in [2.24, 2.45) is 0 Å². The minimum atomic E-state index is 0.894. The van der Waals surface area contributed by atoms with Gasteiger partial charge in [0.15, 0.2) is 0 Å². The van der Waals surface area contributed by atoms with Crippen molar-refractivity contribution in [1.82, 2.24) is 0 Å². The lowest BCUT2D eigenvalue weighted by atomic mass is 10.1. The number of hydrogen-bond acceptors (Lipinski definition) is 1. The normalized spacial score (nSPS) is 11.8. The third kappa shape index (κ3) is 11.5. The third-order valence-electron chi connectivity index (χ3n) is 2.71. The van der Waals surface area contributed by atoms with E-state index in [1.54, 1.807) is 0 Å². The smallest absolute Gasteiger partial charge is 0.0873 e. The Morgan fingerprint density at radius 3 is 2.13 bits per heavy atom. The Bertz CT molecular complexity index is 149. The van der Waals surface area contributed by atoms with Gasteiger partial charge in [0.2, 0.25) is 0 Å². The Labute approximate surface area is 95.9 Å². The minimum absolute atomic E-state index is 0.894. The molecule has 0 unspecified atom stereocenters. The maximum atomic E-state index is 5.45. The highest BCUT2D eigenvalue weighted by Crippen LogP contribution is 2.07. The molecule has 1 heteroatoms. The van der Waals surface area contributed by atoms with Gasteiger partial charge in [-0.05, 0) is 25.3 Å². The van der Waals surface area contributed by atoms with Gasteiger partial charge in [0.1, 0.15) is 0 Å². The van der Waals surface area contributed by atoms with Crippen molar-refractivity contribution in [3.63, 3.8) is 0 Å². The topological polar surface area (TPSA) is 9.23 Å². The Balaban J connectivity index is 3.05. The molecule has 1 nitrogen and oxygen atoms in total. The molecule has 0 aliphatic heterocycles. The second kappa shape index (κ2) is 11.6. The number of ether oxygens (including phenoxy) is 1. The molecule has 0 heterocycles. The van der Waals surface area contributed by atoms with Gasteiger partial charge in [-0.25, -0.2) is 0 Å². The third-order valence-corrected chi connectivity index (χ3v) is 2.71. The van der Waals surface area contributed by atoms with Crippen molar-refractivity contribution < 1.29 is 4.74 Å². The molecule has 90 valence electrons. The zero-order chi connectivity index (χ0) is 11.4. The fourth-order valence-electron chi connectivity index (χ4n) is 1.43. The second-order valence-electron chi connectivity index (χ2n) is 4.31. The van der Waals surface area contributed by atoms with Crippen molar-refractivity contribution >= 4 is 0 Å². The van der Waals surface area contributed by atoms with Crippen LogP contribution in [0.15, 0.2) is 11.8 Å². The van der Waals surface area contributed by atoms with E-state index >= 15 is 0 Å². The van der Waals surface area contributed by atoms with Gasteiger partial charge in [-0.3, -0.25) is 0 Å². The first-order chi connectivity index (χ1) is 7.31. The van der Waals surface area contributed by atoms with Crippen molar-refractivity contribution in [1.29, 1.82) is 0 Å². The van der Waals surface area contributed by atoms with Crippen molar-refractivity contribution in [2.45, 2.75) is 72.1 Å². The van der Waals surface area contributed by atoms with E-state index in [4.69, 9.17) is 4.74 Å². The van der Waals surface area contributed by atoms with Gasteiger partial charge in [0.05, 0.1) is 12.9 Å². The standard InChI is InChI=1S/C14H28O/c1-4-6-7-8-9-10-11-12-15-13-14(3)5-2/h13H,4-12H2,1-3H3. The van der Waals surface area contributed by atoms with Crippen LogP contribution in [-0.4, -0.2) is 6.61 Å². The van der Waals surface area contributed by atoms with E-state index in [0.717, 1.165) is 13.0 Å². The summed E-state index contributed by atoms with van der Waals surface area (Å²) in [6.45, 7) is 7.43. The highest BCUT2D eigenvalue weighted by molar-refractivity contribution is 4.90. The molecule has 0 spiro atoms. The first kappa shape index (κ1) is 14.5. The van der Waals surface area contributed by atoms with Gasteiger partial charge in [0, 0.05) is 0 Å². The van der Waals surface area contributed by atoms with Crippen LogP contribution in [0.1, 0.15) is 72.1 Å². The monoisotopic (exact) mass is 212 g/mol. The first-order valence-corrected chi connectivity index (χ1v) is 6.58. The molecule has 0 aliphatic carbocycles. The van der Waals surface area contributed by atoms with Gasteiger partial charge < -0.3 is 4.74 Å². The summed E-state index contributed by atoms with van der Waals surface area (Å²) in [7, 11) is 0. The van der Waals surface area contributed by atoms with Crippen molar-refractivity contribution in [2.75, 3.05) is 6.61 Å². The molecule has 0 aromatic heterocycles. The number of rotatable bonds is 10. The quantitative estimate of drug-likeness (QED) is 0.363. The average molecular weight is 212 g/mol. The van der Waals surface area contributed by atoms with Crippen LogP contribution >= 0.6 is 0 Å². The van der Waals surface area contributed by atoms with Crippen molar-refractivity contribution in [3.8, 4) is 0 Å². The molecule has 0 aromatic rings. The molecule has 0 amide bonds. The molecule has 15 heavy (non-hydrogen) atoms. The predicted octanol–water partition coefficient (Wildman–Crippen LogP) is 5.07. The SMILES string of the molecule is CCCCCCCCCOC=C(C)CC. The molecule has 0 N–H and O–H groups in total. The fourth-order valence-corrected chi connectivity index (χ4v) is 1.43. The molecular weight excluding hydrogens is 184 g/mol. The first-order valence-electron chi connectivity index (χ1n) is 6.58. The Kier molecular flexibility index (Phi) is 11.3. The van der Waals surface area contributed by atoms with E-state index in [0.29, 0.717) is 0 Å². The largest absolute Gasteiger partial charge is 0.501 e. The van der Waals surface area contributed by atoms with Gasteiger partial charge in [0.25, 0.3) is 0 Å². The summed E-state index contributed by atoms with van der Waals surface area (Å²) in [6, 6.07) is 0. The summed E-state index contributed by atoms with van der Waals surface area (Å²) in [5.74, 6) is 0. The highest BCUT2D eigenvalue weighted by Gasteiger charge is 1.90. The molecule has 0 rings (SSSR count). The Hall–Kier alpha value is -0.460. The van der Waals surface area contributed by atoms with Crippen LogP contribution in [0, 0.1) is 0 Å². The van der Waals surface area contributed by atoms with Gasteiger partial charge in [-0.2, -0.15) is 0 Å². The second-order valence-corrected chi connectivity index (χ2v) is 4.31. The van der Waals surface area contributed by atoms with E-state index in [-0.39, 0.29) is 0 Å². The number of hydrogen-bond donors (Lipinski definition) is 0. The van der Waals surface area contributed by atoms with Crippen LogP contribution < -0.4 is 0 Å². The van der Waals surface area contributed by atoms with E-state index in [1.807, 2.05) is 6.26 Å². The molecule has 0 saturated carbocycles. The van der Waals surface area contributed by atoms with Crippen LogP contribution in [-0.2, 0) is 4.74 Å². The lowest BCUT2D eigenvalue weighted by molar-refractivity contribution is 0.237. The van der Waals surface area contributed by atoms with Crippen LogP contribution in [0.3, 0.4) is 0 Å². The Morgan fingerprint density at radius 2 is 1.53 bits per heavy atom. The summed E-state index contributed by atoms with van der Waals surface area (Å²) in [5, 5.41) is 0. The summed E-state index contributed by atoms with van der Waals surface area (Å²) in [5.41, 5.74) is 1.33. The maximum absolute atomic E-state index is 5.45. The predicted molar refractivity (Wildman–Crippen MR) is 68.0 cm³/mol. The number of unbranched alkanes of at least 4 members (excludes halogenated alkanes) is 6. The lowest BCUT2D eigenvalue weighted by Crippen LogP contribution is -1.89. The van der Waals surface area contributed by atoms with E-state index < -0.39 is 0 Å². The summed E-state index contributed by atoms with van der Waals surface area (Å²) < 4.78 is 5.45. The molecule has 0 atom stereocenters.